The predicted octanol–water partition coefficient (Wildman–Crippen LogP) is 4.82. The van der Waals surface area contributed by atoms with Crippen LogP contribution in [0.15, 0.2) is 53.9 Å². The van der Waals surface area contributed by atoms with Gasteiger partial charge in [0.05, 0.1) is 22.9 Å². The topological polar surface area (TPSA) is 42.4 Å². The van der Waals surface area contributed by atoms with Gasteiger partial charge in [-0.05, 0) is 37.1 Å². The number of benzene rings is 2. The molecule has 0 saturated carbocycles. The summed E-state index contributed by atoms with van der Waals surface area (Å²) in [6, 6.07) is 16.0. The van der Waals surface area contributed by atoms with E-state index < -0.39 is 6.10 Å². The molecule has 0 saturated heterocycles. The van der Waals surface area contributed by atoms with Crippen molar-refractivity contribution in [2.24, 2.45) is 0 Å². The highest BCUT2D eigenvalue weighted by molar-refractivity contribution is 7.09. The highest BCUT2D eigenvalue weighted by Gasteiger charge is 2.33. The predicted molar refractivity (Wildman–Crippen MR) is 105 cm³/mol. The molecule has 0 N–H and O–H groups in total. The zero-order valence-electron chi connectivity index (χ0n) is 14.8. The van der Waals surface area contributed by atoms with E-state index in [9.17, 15) is 4.79 Å². The van der Waals surface area contributed by atoms with E-state index in [4.69, 9.17) is 4.74 Å². The minimum atomic E-state index is -0.432. The second kappa shape index (κ2) is 6.92. The molecule has 4 rings (SSSR count). The van der Waals surface area contributed by atoms with Crippen molar-refractivity contribution in [3.05, 3.63) is 64.5 Å². The number of hydrogen-bond donors (Lipinski definition) is 0. The van der Waals surface area contributed by atoms with Crippen molar-refractivity contribution in [3.63, 3.8) is 0 Å². The fourth-order valence-electron chi connectivity index (χ4n) is 3.17. The van der Waals surface area contributed by atoms with Crippen LogP contribution in [0, 0.1) is 6.92 Å². The highest BCUT2D eigenvalue weighted by Crippen LogP contribution is 2.39. The number of fused-ring (bicyclic) bond motifs is 1. The Balaban J connectivity index is 1.76. The van der Waals surface area contributed by atoms with Gasteiger partial charge >= 0.3 is 0 Å². The van der Waals surface area contributed by atoms with Crippen molar-refractivity contribution >= 4 is 22.9 Å². The van der Waals surface area contributed by atoms with Crippen molar-refractivity contribution in [3.8, 4) is 17.0 Å². The number of nitrogens with zero attached hydrogens (tertiary/aromatic N) is 2. The van der Waals surface area contributed by atoms with Crippen LogP contribution in [0.3, 0.4) is 0 Å². The molecule has 4 nitrogen and oxygen atoms in total. The van der Waals surface area contributed by atoms with Crippen LogP contribution in [0.25, 0.3) is 11.3 Å². The Labute approximate surface area is 157 Å². The maximum atomic E-state index is 13.0. The molecule has 1 aliphatic heterocycles. The third kappa shape index (κ3) is 3.10. The van der Waals surface area contributed by atoms with Crippen molar-refractivity contribution in [2.75, 3.05) is 4.90 Å². The quantitative estimate of drug-likeness (QED) is 0.666. The lowest BCUT2D eigenvalue weighted by molar-refractivity contribution is -0.126. The van der Waals surface area contributed by atoms with E-state index >= 15 is 0 Å². The average Bonchev–Trinajstić information content (AvgIpc) is 3.10. The Bertz CT molecular complexity index is 936. The number of thiazole rings is 1. The second-order valence-electron chi connectivity index (χ2n) is 6.36. The minimum absolute atomic E-state index is 0.00969. The molecule has 1 atom stereocenters. The summed E-state index contributed by atoms with van der Waals surface area (Å²) in [6.45, 7) is 4.50. The van der Waals surface area contributed by atoms with Crippen LogP contribution in [-0.2, 0) is 11.3 Å². The zero-order chi connectivity index (χ0) is 18.1. The summed E-state index contributed by atoms with van der Waals surface area (Å²) in [6.07, 6.45) is 0.218. The first-order valence-corrected chi connectivity index (χ1v) is 9.62. The highest BCUT2D eigenvalue weighted by atomic mass is 32.1. The smallest absolute Gasteiger partial charge is 0.268 e. The molecule has 1 unspecified atom stereocenters. The number of ether oxygens (including phenoxy) is 1. The lowest BCUT2D eigenvalue weighted by Crippen LogP contribution is -2.45. The first-order chi connectivity index (χ1) is 12.7. The fraction of sp³-hybridized carbons (Fsp3) is 0.238. The van der Waals surface area contributed by atoms with Gasteiger partial charge in [0.15, 0.2) is 6.10 Å². The van der Waals surface area contributed by atoms with Gasteiger partial charge in [-0.1, -0.05) is 37.3 Å². The van der Waals surface area contributed by atoms with Crippen LogP contribution in [0.4, 0.5) is 5.69 Å². The Morgan fingerprint density at radius 1 is 1.19 bits per heavy atom. The van der Waals surface area contributed by atoms with Gasteiger partial charge in [0.2, 0.25) is 0 Å². The van der Waals surface area contributed by atoms with Crippen LogP contribution in [0.1, 0.15) is 23.9 Å². The maximum Gasteiger partial charge on any atom is 0.268 e. The Morgan fingerprint density at radius 3 is 2.69 bits per heavy atom. The van der Waals surface area contributed by atoms with Gasteiger partial charge < -0.3 is 9.64 Å². The van der Waals surface area contributed by atoms with Gasteiger partial charge in [-0.3, -0.25) is 4.79 Å². The van der Waals surface area contributed by atoms with Crippen LogP contribution < -0.4 is 9.64 Å². The second-order valence-corrected chi connectivity index (χ2v) is 7.42. The van der Waals surface area contributed by atoms with E-state index in [0.29, 0.717) is 13.0 Å². The molecular weight excluding hydrogens is 344 g/mol. The molecule has 1 aromatic heterocycles. The standard InChI is InChI=1S/C21H20N2O2S/c1-3-19-21(24)23(12-15-7-5-4-6-8-15)18-11-16(9-10-20(18)25-19)17-13-26-14(2)22-17/h4-11,13,19H,3,12H2,1-2H3. The van der Waals surface area contributed by atoms with E-state index in [-0.39, 0.29) is 5.91 Å². The normalized spacial score (nSPS) is 16.3. The Kier molecular flexibility index (Phi) is 4.47. The minimum Gasteiger partial charge on any atom is -0.478 e. The monoisotopic (exact) mass is 364 g/mol. The van der Waals surface area contributed by atoms with Crippen LogP contribution in [0.2, 0.25) is 0 Å². The van der Waals surface area contributed by atoms with Crippen molar-refractivity contribution in [2.45, 2.75) is 32.9 Å². The molecule has 3 aromatic rings. The molecule has 1 amide bonds. The third-order valence-corrected chi connectivity index (χ3v) is 5.30. The number of carbonyl (C=O) groups excluding carboxylic acids is 1. The van der Waals surface area contributed by atoms with E-state index in [1.54, 1.807) is 11.3 Å². The van der Waals surface area contributed by atoms with Crippen LogP contribution >= 0.6 is 11.3 Å². The molecular formula is C21H20N2O2S. The summed E-state index contributed by atoms with van der Waals surface area (Å²) in [7, 11) is 0. The summed E-state index contributed by atoms with van der Waals surface area (Å²) >= 11 is 1.62. The number of hydrogen-bond acceptors (Lipinski definition) is 4. The number of aromatic nitrogens is 1. The molecule has 1 aliphatic rings. The number of anilines is 1. The Morgan fingerprint density at radius 2 is 2.00 bits per heavy atom. The van der Waals surface area contributed by atoms with Gasteiger partial charge in [-0.15, -0.1) is 11.3 Å². The van der Waals surface area contributed by atoms with Crippen molar-refractivity contribution in [1.29, 1.82) is 0 Å². The Hall–Kier alpha value is -2.66. The first kappa shape index (κ1) is 16.8. The van der Waals surface area contributed by atoms with Gasteiger partial charge in [0, 0.05) is 10.9 Å². The summed E-state index contributed by atoms with van der Waals surface area (Å²) in [5.41, 5.74) is 3.84. The molecule has 26 heavy (non-hydrogen) atoms. The molecule has 0 spiro atoms. The van der Waals surface area contributed by atoms with Crippen LogP contribution in [-0.4, -0.2) is 17.0 Å². The van der Waals surface area contributed by atoms with Gasteiger partial charge in [0.1, 0.15) is 5.75 Å². The number of amides is 1. The third-order valence-electron chi connectivity index (χ3n) is 4.53. The summed E-state index contributed by atoms with van der Waals surface area (Å²) in [5.74, 6) is 0.763. The van der Waals surface area contributed by atoms with E-state index in [0.717, 1.165) is 33.3 Å². The lowest BCUT2D eigenvalue weighted by atomic mass is 10.1. The molecule has 0 fully saturated rings. The number of rotatable bonds is 4. The average molecular weight is 364 g/mol. The van der Waals surface area contributed by atoms with Gasteiger partial charge in [-0.2, -0.15) is 0 Å². The van der Waals surface area contributed by atoms with E-state index in [1.807, 2.05) is 72.7 Å². The van der Waals surface area contributed by atoms with Gasteiger partial charge in [-0.25, -0.2) is 4.98 Å². The molecule has 2 heterocycles. The van der Waals surface area contributed by atoms with E-state index in [2.05, 4.69) is 4.98 Å². The molecule has 0 radical (unpaired) electrons. The van der Waals surface area contributed by atoms with Gasteiger partial charge in [0.25, 0.3) is 5.91 Å². The largest absolute Gasteiger partial charge is 0.478 e. The number of carbonyl (C=O) groups is 1. The number of aryl methyl sites for hydroxylation is 1. The van der Waals surface area contributed by atoms with Crippen LogP contribution in [0.5, 0.6) is 5.75 Å². The molecule has 2 aromatic carbocycles. The molecule has 5 heteroatoms. The molecule has 0 bridgehead atoms. The lowest BCUT2D eigenvalue weighted by Gasteiger charge is -2.34. The molecule has 0 aliphatic carbocycles. The maximum absolute atomic E-state index is 13.0. The fourth-order valence-corrected chi connectivity index (χ4v) is 3.79. The van der Waals surface area contributed by atoms with Crippen molar-refractivity contribution in [1.82, 2.24) is 4.98 Å². The summed E-state index contributed by atoms with van der Waals surface area (Å²) in [4.78, 5) is 19.4. The first-order valence-electron chi connectivity index (χ1n) is 8.74. The zero-order valence-corrected chi connectivity index (χ0v) is 15.6. The summed E-state index contributed by atoms with van der Waals surface area (Å²) in [5, 5.41) is 3.07. The van der Waals surface area contributed by atoms with E-state index in [1.165, 1.54) is 0 Å². The molecule has 132 valence electrons. The van der Waals surface area contributed by atoms with Crippen molar-refractivity contribution < 1.29 is 9.53 Å². The SMILES string of the molecule is CCC1Oc2ccc(-c3csc(C)n3)cc2N(Cc2ccccc2)C1=O. The summed E-state index contributed by atoms with van der Waals surface area (Å²) < 4.78 is 5.95.